The summed E-state index contributed by atoms with van der Waals surface area (Å²) >= 11 is 0. The summed E-state index contributed by atoms with van der Waals surface area (Å²) in [4.78, 5) is 27.0. The van der Waals surface area contributed by atoms with E-state index in [4.69, 9.17) is 4.74 Å². The van der Waals surface area contributed by atoms with E-state index in [0.717, 1.165) is 55.6 Å². The molecule has 1 atom stereocenters. The molecule has 0 spiro atoms. The van der Waals surface area contributed by atoms with Gasteiger partial charge in [-0.05, 0) is 61.9 Å². The number of hydrogen-bond acceptors (Lipinski definition) is 5. The van der Waals surface area contributed by atoms with Gasteiger partial charge >= 0.3 is 5.97 Å². The molecule has 1 aliphatic rings. The zero-order chi connectivity index (χ0) is 22.9. The van der Waals surface area contributed by atoms with Crippen LogP contribution in [-0.4, -0.2) is 36.7 Å². The number of piperidine rings is 1. The maximum atomic E-state index is 12.9. The van der Waals surface area contributed by atoms with Gasteiger partial charge in [0.15, 0.2) is 0 Å². The Labute approximate surface area is 190 Å². The number of ether oxygens (including phenoxy) is 1. The molecular weight excluding hydrogens is 404 g/mol. The summed E-state index contributed by atoms with van der Waals surface area (Å²) in [5.41, 5.74) is 3.39. The topological polar surface area (TPSA) is 78.9 Å². The van der Waals surface area contributed by atoms with Crippen LogP contribution in [0.4, 0.5) is 5.69 Å². The van der Waals surface area contributed by atoms with E-state index < -0.39 is 0 Å². The fraction of sp³-hybridized carbons (Fsp3) is 0.462. The van der Waals surface area contributed by atoms with Crippen molar-refractivity contribution in [2.75, 3.05) is 24.6 Å². The van der Waals surface area contributed by atoms with Gasteiger partial charge in [-0.2, -0.15) is 0 Å². The molecule has 0 aromatic heterocycles. The molecule has 172 valence electrons. The van der Waals surface area contributed by atoms with Crippen molar-refractivity contribution in [3.63, 3.8) is 0 Å². The summed E-state index contributed by atoms with van der Waals surface area (Å²) in [6, 6.07) is 12.3. The Kier molecular flexibility index (Phi) is 8.54. The summed E-state index contributed by atoms with van der Waals surface area (Å²) in [7, 11) is 0. The van der Waals surface area contributed by atoms with Crippen molar-refractivity contribution in [1.29, 1.82) is 0 Å². The molecule has 1 fully saturated rings. The third-order valence-corrected chi connectivity index (χ3v) is 5.83. The number of phenols is 1. The van der Waals surface area contributed by atoms with Gasteiger partial charge in [-0.15, -0.1) is 0 Å². The number of nitrogens with zero attached hydrogens (tertiary/aromatic N) is 1. The first-order chi connectivity index (χ1) is 15.5. The SMILES string of the molecule is CCCC(NC(=O)Cc1ccc(C(=O)OCC)cc1)c1ccc(O)cc1N1CCCCC1. The second-order valence-electron chi connectivity index (χ2n) is 8.29. The maximum absolute atomic E-state index is 12.9. The van der Waals surface area contributed by atoms with Gasteiger partial charge in [-0.3, -0.25) is 4.79 Å². The zero-order valence-electron chi connectivity index (χ0n) is 19.1. The second kappa shape index (κ2) is 11.6. The highest BCUT2D eigenvalue weighted by molar-refractivity contribution is 5.89. The Morgan fingerprint density at radius 3 is 2.44 bits per heavy atom. The molecule has 0 aliphatic carbocycles. The van der Waals surface area contributed by atoms with Gasteiger partial charge in [-0.25, -0.2) is 4.79 Å². The Bertz CT molecular complexity index is 905. The first-order valence-electron chi connectivity index (χ1n) is 11.6. The van der Waals surface area contributed by atoms with Gasteiger partial charge in [0.1, 0.15) is 5.75 Å². The fourth-order valence-electron chi connectivity index (χ4n) is 4.23. The number of hydrogen-bond donors (Lipinski definition) is 2. The third-order valence-electron chi connectivity index (χ3n) is 5.83. The number of esters is 1. The van der Waals surface area contributed by atoms with Crippen LogP contribution in [0, 0.1) is 0 Å². The predicted molar refractivity (Wildman–Crippen MR) is 126 cm³/mol. The monoisotopic (exact) mass is 438 g/mol. The van der Waals surface area contributed by atoms with E-state index in [-0.39, 0.29) is 30.1 Å². The molecule has 1 unspecified atom stereocenters. The van der Waals surface area contributed by atoms with E-state index in [9.17, 15) is 14.7 Å². The first-order valence-corrected chi connectivity index (χ1v) is 11.6. The molecule has 3 rings (SSSR count). The van der Waals surface area contributed by atoms with Crippen molar-refractivity contribution < 1.29 is 19.4 Å². The minimum absolute atomic E-state index is 0.0648. The molecule has 1 aliphatic heterocycles. The van der Waals surface area contributed by atoms with Gasteiger partial charge in [0.05, 0.1) is 24.6 Å². The highest BCUT2D eigenvalue weighted by Crippen LogP contribution is 2.34. The highest BCUT2D eigenvalue weighted by atomic mass is 16.5. The summed E-state index contributed by atoms with van der Waals surface area (Å²) in [5, 5.41) is 13.3. The van der Waals surface area contributed by atoms with E-state index in [0.29, 0.717) is 12.2 Å². The smallest absolute Gasteiger partial charge is 0.338 e. The maximum Gasteiger partial charge on any atom is 0.338 e. The minimum atomic E-state index is -0.357. The molecule has 2 N–H and O–H groups in total. The molecule has 1 saturated heterocycles. The number of carbonyl (C=O) groups is 2. The zero-order valence-corrected chi connectivity index (χ0v) is 19.1. The van der Waals surface area contributed by atoms with Crippen molar-refractivity contribution in [2.24, 2.45) is 0 Å². The normalized spacial score (nSPS) is 14.6. The number of phenolic OH excluding ortho intramolecular Hbond substituents is 1. The Morgan fingerprint density at radius 2 is 1.78 bits per heavy atom. The van der Waals surface area contributed by atoms with Gasteiger partial charge in [0, 0.05) is 24.8 Å². The van der Waals surface area contributed by atoms with Crippen molar-refractivity contribution in [1.82, 2.24) is 5.32 Å². The van der Waals surface area contributed by atoms with E-state index in [1.807, 2.05) is 12.1 Å². The van der Waals surface area contributed by atoms with Crippen molar-refractivity contribution in [3.05, 3.63) is 59.2 Å². The first kappa shape index (κ1) is 23.6. The van der Waals surface area contributed by atoms with Gasteiger partial charge in [-0.1, -0.05) is 31.5 Å². The molecule has 0 radical (unpaired) electrons. The molecule has 0 bridgehead atoms. The van der Waals surface area contributed by atoms with Crippen LogP contribution in [0.25, 0.3) is 0 Å². The average Bonchev–Trinajstić information content (AvgIpc) is 2.80. The Morgan fingerprint density at radius 1 is 1.06 bits per heavy atom. The van der Waals surface area contributed by atoms with E-state index in [1.165, 1.54) is 6.42 Å². The van der Waals surface area contributed by atoms with Crippen molar-refractivity contribution >= 4 is 17.6 Å². The van der Waals surface area contributed by atoms with Gasteiger partial charge in [0.25, 0.3) is 0 Å². The van der Waals surface area contributed by atoms with Crippen LogP contribution in [0.1, 0.15) is 73.5 Å². The summed E-state index contributed by atoms with van der Waals surface area (Å²) in [6.07, 6.45) is 5.50. The molecule has 1 heterocycles. The van der Waals surface area contributed by atoms with Crippen LogP contribution in [0.15, 0.2) is 42.5 Å². The standard InChI is InChI=1S/C26H34N2O4/c1-3-8-23(22-14-13-21(29)18-24(22)28-15-6-5-7-16-28)27-25(30)17-19-9-11-20(12-10-19)26(31)32-4-2/h9-14,18,23,29H,3-8,15-17H2,1-2H3,(H,27,30). The Hall–Kier alpha value is -3.02. The second-order valence-corrected chi connectivity index (χ2v) is 8.29. The molecule has 1 amide bonds. The summed E-state index contributed by atoms with van der Waals surface area (Å²) in [5.74, 6) is -0.174. The summed E-state index contributed by atoms with van der Waals surface area (Å²) in [6.45, 7) is 6.15. The highest BCUT2D eigenvalue weighted by Gasteiger charge is 2.22. The van der Waals surface area contributed by atoms with Crippen LogP contribution in [0.3, 0.4) is 0 Å². The van der Waals surface area contributed by atoms with Crippen LogP contribution >= 0.6 is 0 Å². The molecule has 2 aromatic rings. The molecule has 0 saturated carbocycles. The lowest BCUT2D eigenvalue weighted by Gasteiger charge is -2.33. The van der Waals surface area contributed by atoms with Crippen molar-refractivity contribution in [3.8, 4) is 5.75 Å². The largest absolute Gasteiger partial charge is 0.508 e. The minimum Gasteiger partial charge on any atom is -0.508 e. The quantitative estimate of drug-likeness (QED) is 0.552. The molecule has 6 heteroatoms. The lowest BCUT2D eigenvalue weighted by Crippen LogP contribution is -2.34. The van der Waals surface area contributed by atoms with Gasteiger partial charge in [0.2, 0.25) is 5.91 Å². The predicted octanol–water partition coefficient (Wildman–Crippen LogP) is 4.76. The Balaban J connectivity index is 1.72. The van der Waals surface area contributed by atoms with E-state index in [1.54, 1.807) is 37.3 Å². The fourth-order valence-corrected chi connectivity index (χ4v) is 4.23. The van der Waals surface area contributed by atoms with Crippen LogP contribution in [0.2, 0.25) is 0 Å². The lowest BCUT2D eigenvalue weighted by molar-refractivity contribution is -0.121. The number of rotatable bonds is 9. The molecule has 6 nitrogen and oxygen atoms in total. The third kappa shape index (κ3) is 6.25. The molecule has 2 aromatic carbocycles. The average molecular weight is 439 g/mol. The van der Waals surface area contributed by atoms with E-state index in [2.05, 4.69) is 17.1 Å². The number of benzene rings is 2. The number of nitrogens with one attached hydrogen (secondary N) is 1. The lowest BCUT2D eigenvalue weighted by atomic mass is 9.97. The number of carbonyl (C=O) groups excluding carboxylic acids is 2. The number of anilines is 1. The number of aromatic hydroxyl groups is 1. The molecule has 32 heavy (non-hydrogen) atoms. The van der Waals surface area contributed by atoms with Crippen LogP contribution < -0.4 is 10.2 Å². The van der Waals surface area contributed by atoms with E-state index >= 15 is 0 Å². The van der Waals surface area contributed by atoms with Gasteiger partial charge < -0.3 is 20.1 Å². The van der Waals surface area contributed by atoms with Crippen LogP contribution in [0.5, 0.6) is 5.75 Å². The van der Waals surface area contributed by atoms with Crippen LogP contribution in [-0.2, 0) is 16.0 Å². The van der Waals surface area contributed by atoms with Crippen molar-refractivity contribution in [2.45, 2.75) is 58.4 Å². The molecular formula is C26H34N2O4. The summed E-state index contributed by atoms with van der Waals surface area (Å²) < 4.78 is 5.01. The number of amides is 1.